The van der Waals surface area contributed by atoms with E-state index in [0.29, 0.717) is 12.8 Å². The summed E-state index contributed by atoms with van der Waals surface area (Å²) in [6.07, 6.45) is -0.226. The molecule has 1 N–H and O–H groups in total. The molecule has 0 amide bonds. The van der Waals surface area contributed by atoms with Crippen molar-refractivity contribution in [2.75, 3.05) is 0 Å². The summed E-state index contributed by atoms with van der Waals surface area (Å²) in [6, 6.07) is 3.05. The van der Waals surface area contributed by atoms with Crippen LogP contribution in [0.25, 0.3) is 0 Å². The van der Waals surface area contributed by atoms with Crippen LogP contribution in [0.4, 0.5) is 8.78 Å². The van der Waals surface area contributed by atoms with Crippen LogP contribution in [-0.4, -0.2) is 5.11 Å². The van der Waals surface area contributed by atoms with E-state index >= 15 is 0 Å². The summed E-state index contributed by atoms with van der Waals surface area (Å²) in [6.45, 7) is 1.69. The van der Waals surface area contributed by atoms with Crippen LogP contribution in [0, 0.1) is 23.5 Å². The van der Waals surface area contributed by atoms with E-state index in [1.807, 2.05) is 0 Å². The van der Waals surface area contributed by atoms with E-state index < -0.39 is 17.7 Å². The summed E-state index contributed by atoms with van der Waals surface area (Å²) in [5.74, 6) is 4.29. The molecule has 1 aromatic rings. The maximum atomic E-state index is 13.2. The first-order chi connectivity index (χ1) is 7.15. The van der Waals surface area contributed by atoms with Crippen LogP contribution >= 0.6 is 0 Å². The fourth-order valence-electron chi connectivity index (χ4n) is 1.26. The molecule has 80 valence electrons. The van der Waals surface area contributed by atoms with Crippen LogP contribution in [-0.2, 0) is 0 Å². The molecule has 0 saturated carbocycles. The number of rotatable bonds is 3. The second kappa shape index (κ2) is 5.47. The predicted octanol–water partition coefficient (Wildman–Crippen LogP) is 2.80. The zero-order valence-corrected chi connectivity index (χ0v) is 8.43. The Hall–Kier alpha value is -1.40. The van der Waals surface area contributed by atoms with Gasteiger partial charge in [0, 0.05) is 12.0 Å². The molecule has 0 saturated heterocycles. The van der Waals surface area contributed by atoms with Crippen LogP contribution < -0.4 is 0 Å². The van der Waals surface area contributed by atoms with Gasteiger partial charge >= 0.3 is 0 Å². The Bertz CT molecular complexity index is 390. The maximum Gasteiger partial charge on any atom is 0.129 e. The smallest absolute Gasteiger partial charge is 0.129 e. The van der Waals surface area contributed by atoms with Gasteiger partial charge in [0.2, 0.25) is 0 Å². The highest BCUT2D eigenvalue weighted by Gasteiger charge is 2.12. The van der Waals surface area contributed by atoms with Gasteiger partial charge in [-0.1, -0.05) is 0 Å². The Morgan fingerprint density at radius 3 is 2.80 bits per heavy atom. The number of halogens is 2. The lowest BCUT2D eigenvalue weighted by atomic mass is 10.0. The first kappa shape index (κ1) is 11.7. The van der Waals surface area contributed by atoms with Crippen molar-refractivity contribution < 1.29 is 13.9 Å². The lowest BCUT2D eigenvalue weighted by molar-refractivity contribution is 0.164. The number of hydrogen-bond acceptors (Lipinski definition) is 1. The van der Waals surface area contributed by atoms with Crippen LogP contribution in [0.3, 0.4) is 0 Å². The van der Waals surface area contributed by atoms with Crippen LogP contribution in [0.2, 0.25) is 0 Å². The van der Waals surface area contributed by atoms with Gasteiger partial charge in [-0.3, -0.25) is 0 Å². The first-order valence-corrected chi connectivity index (χ1v) is 4.67. The lowest BCUT2D eigenvalue weighted by Gasteiger charge is -2.10. The topological polar surface area (TPSA) is 20.2 Å². The zero-order valence-electron chi connectivity index (χ0n) is 8.43. The molecule has 0 heterocycles. The Balaban J connectivity index is 2.74. The van der Waals surface area contributed by atoms with Crippen molar-refractivity contribution in [3.8, 4) is 11.8 Å². The Morgan fingerprint density at radius 2 is 2.13 bits per heavy atom. The molecular formula is C12H12F2O. The summed E-state index contributed by atoms with van der Waals surface area (Å²) >= 11 is 0. The van der Waals surface area contributed by atoms with Crippen molar-refractivity contribution in [2.24, 2.45) is 0 Å². The molecular weight excluding hydrogens is 198 g/mol. The van der Waals surface area contributed by atoms with Crippen molar-refractivity contribution in [2.45, 2.75) is 25.9 Å². The van der Waals surface area contributed by atoms with Gasteiger partial charge in [0.05, 0.1) is 6.10 Å². The average Bonchev–Trinajstić information content (AvgIpc) is 2.22. The van der Waals surface area contributed by atoms with E-state index in [1.54, 1.807) is 6.92 Å². The summed E-state index contributed by atoms with van der Waals surface area (Å²) < 4.78 is 26.0. The van der Waals surface area contributed by atoms with Crippen LogP contribution in [0.5, 0.6) is 0 Å². The highest BCUT2D eigenvalue weighted by molar-refractivity contribution is 5.21. The van der Waals surface area contributed by atoms with Crippen molar-refractivity contribution in [3.05, 3.63) is 35.4 Å². The van der Waals surface area contributed by atoms with Crippen molar-refractivity contribution in [1.29, 1.82) is 0 Å². The molecule has 0 aliphatic rings. The Labute approximate surface area is 87.7 Å². The molecule has 3 heteroatoms. The largest absolute Gasteiger partial charge is 0.388 e. The maximum absolute atomic E-state index is 13.2. The second-order valence-electron chi connectivity index (χ2n) is 3.15. The third-order valence-electron chi connectivity index (χ3n) is 2.04. The standard InChI is InChI=1S/C12H12F2O/c1-2-3-4-5-12(15)10-8-9(13)6-7-11(10)14/h6-8,12,15H,4-5H2,1H3. The Morgan fingerprint density at radius 1 is 1.40 bits per heavy atom. The molecule has 1 atom stereocenters. The number of hydrogen-bond donors (Lipinski definition) is 1. The molecule has 1 rings (SSSR count). The molecule has 0 spiro atoms. The third-order valence-corrected chi connectivity index (χ3v) is 2.04. The van der Waals surface area contributed by atoms with E-state index in [2.05, 4.69) is 11.8 Å². The van der Waals surface area contributed by atoms with Crippen molar-refractivity contribution in [1.82, 2.24) is 0 Å². The molecule has 15 heavy (non-hydrogen) atoms. The van der Waals surface area contributed by atoms with Gasteiger partial charge in [0.15, 0.2) is 0 Å². The van der Waals surface area contributed by atoms with Crippen LogP contribution in [0.15, 0.2) is 18.2 Å². The number of benzene rings is 1. The summed E-state index contributed by atoms with van der Waals surface area (Å²) in [5.41, 5.74) is -0.00657. The predicted molar refractivity (Wildman–Crippen MR) is 54.0 cm³/mol. The molecule has 0 aliphatic carbocycles. The summed E-state index contributed by atoms with van der Waals surface area (Å²) in [4.78, 5) is 0. The Kier molecular flexibility index (Phi) is 4.26. The number of aliphatic hydroxyl groups excluding tert-OH is 1. The third kappa shape index (κ3) is 3.34. The van der Waals surface area contributed by atoms with Crippen molar-refractivity contribution in [3.63, 3.8) is 0 Å². The monoisotopic (exact) mass is 210 g/mol. The van der Waals surface area contributed by atoms with E-state index in [-0.39, 0.29) is 5.56 Å². The lowest BCUT2D eigenvalue weighted by Crippen LogP contribution is -2.01. The average molecular weight is 210 g/mol. The number of aliphatic hydroxyl groups is 1. The molecule has 1 nitrogen and oxygen atoms in total. The van der Waals surface area contributed by atoms with E-state index in [1.165, 1.54) is 0 Å². The zero-order chi connectivity index (χ0) is 11.3. The highest BCUT2D eigenvalue weighted by atomic mass is 19.1. The van der Waals surface area contributed by atoms with E-state index in [4.69, 9.17) is 0 Å². The van der Waals surface area contributed by atoms with E-state index in [9.17, 15) is 13.9 Å². The molecule has 0 radical (unpaired) electrons. The normalized spacial score (nSPS) is 11.7. The highest BCUT2D eigenvalue weighted by Crippen LogP contribution is 2.21. The minimum absolute atomic E-state index is 0.00657. The van der Waals surface area contributed by atoms with Gasteiger partial charge in [-0.15, -0.1) is 11.8 Å². The molecule has 0 fully saturated rings. The molecule has 1 aromatic carbocycles. The summed E-state index contributed by atoms with van der Waals surface area (Å²) in [5, 5.41) is 9.58. The van der Waals surface area contributed by atoms with Gasteiger partial charge in [-0.25, -0.2) is 8.78 Å². The minimum Gasteiger partial charge on any atom is -0.388 e. The van der Waals surface area contributed by atoms with Crippen molar-refractivity contribution >= 4 is 0 Å². The second-order valence-corrected chi connectivity index (χ2v) is 3.15. The molecule has 0 bridgehead atoms. The van der Waals surface area contributed by atoms with Gasteiger partial charge in [-0.2, -0.15) is 0 Å². The fraction of sp³-hybridized carbons (Fsp3) is 0.333. The minimum atomic E-state index is -0.999. The van der Waals surface area contributed by atoms with Crippen LogP contribution in [0.1, 0.15) is 31.4 Å². The first-order valence-electron chi connectivity index (χ1n) is 4.67. The van der Waals surface area contributed by atoms with Gasteiger partial charge in [0.25, 0.3) is 0 Å². The quantitative estimate of drug-likeness (QED) is 0.760. The summed E-state index contributed by atoms with van der Waals surface area (Å²) in [7, 11) is 0. The fourth-order valence-corrected chi connectivity index (χ4v) is 1.26. The molecule has 0 aliphatic heterocycles. The SMILES string of the molecule is CC#CCCC(O)c1cc(F)ccc1F. The van der Waals surface area contributed by atoms with Gasteiger partial charge < -0.3 is 5.11 Å². The van der Waals surface area contributed by atoms with Gasteiger partial charge in [-0.05, 0) is 31.5 Å². The van der Waals surface area contributed by atoms with Gasteiger partial charge in [0.1, 0.15) is 11.6 Å². The molecule has 1 unspecified atom stereocenters. The van der Waals surface area contributed by atoms with E-state index in [0.717, 1.165) is 18.2 Å². The molecule has 0 aromatic heterocycles.